The lowest BCUT2D eigenvalue weighted by atomic mass is 10.2. The van der Waals surface area contributed by atoms with Crippen molar-refractivity contribution in [3.63, 3.8) is 0 Å². The highest BCUT2D eigenvalue weighted by atomic mass is 35.5. The van der Waals surface area contributed by atoms with E-state index in [9.17, 15) is 0 Å². The number of hydrogen-bond donors (Lipinski definition) is 0. The van der Waals surface area contributed by atoms with Gasteiger partial charge >= 0.3 is 0 Å². The summed E-state index contributed by atoms with van der Waals surface area (Å²) in [5.41, 5.74) is 1.04. The van der Waals surface area contributed by atoms with Gasteiger partial charge < -0.3 is 4.90 Å². The van der Waals surface area contributed by atoms with Crippen LogP contribution in [0.2, 0.25) is 5.02 Å². The summed E-state index contributed by atoms with van der Waals surface area (Å²) in [7, 11) is 1.85. The summed E-state index contributed by atoms with van der Waals surface area (Å²) >= 11 is 9.01. The molecule has 106 valence electrons. The molecule has 0 unspecified atom stereocenters. The van der Waals surface area contributed by atoms with E-state index in [2.05, 4.69) is 9.98 Å². The second-order valence-electron chi connectivity index (χ2n) is 3.78. The second-order valence-corrected chi connectivity index (χ2v) is 6.07. The van der Waals surface area contributed by atoms with Gasteiger partial charge in [-0.1, -0.05) is 23.7 Å². The number of nitriles is 1. The number of guanidine groups is 1. The summed E-state index contributed by atoms with van der Waals surface area (Å²) in [6.45, 7) is 0.584. The number of rotatable bonds is 2. The number of nitrogens with zero attached hydrogens (tertiary/aromatic N) is 4. The summed E-state index contributed by atoms with van der Waals surface area (Å²) in [4.78, 5) is 9.98. The third-order valence-electron chi connectivity index (χ3n) is 2.34. The molecule has 1 aromatic rings. The van der Waals surface area contributed by atoms with Crippen LogP contribution in [0.4, 0.5) is 0 Å². The molecule has 0 aliphatic carbocycles. The molecule has 0 spiro atoms. The van der Waals surface area contributed by atoms with Crippen LogP contribution in [0.1, 0.15) is 5.56 Å². The van der Waals surface area contributed by atoms with Crippen molar-refractivity contribution >= 4 is 45.5 Å². The van der Waals surface area contributed by atoms with E-state index >= 15 is 0 Å². The zero-order chi connectivity index (χ0) is 15.0. The second kappa shape index (κ2) is 8.90. The highest BCUT2D eigenvalue weighted by Crippen LogP contribution is 2.15. The zero-order valence-corrected chi connectivity index (χ0v) is 13.9. The highest BCUT2D eigenvalue weighted by molar-refractivity contribution is 8.38. The number of halogens is 1. The monoisotopic (exact) mass is 326 g/mol. The summed E-state index contributed by atoms with van der Waals surface area (Å²) in [5.74, 6) is 0.395. The van der Waals surface area contributed by atoms with Crippen molar-refractivity contribution in [3.8, 4) is 6.19 Å². The highest BCUT2D eigenvalue weighted by Gasteiger charge is 2.08. The molecular formula is C13H15ClN4S2. The largest absolute Gasteiger partial charge is 0.339 e. The van der Waals surface area contributed by atoms with E-state index in [1.54, 1.807) is 6.19 Å². The number of hydrogen-bond acceptors (Lipinski definition) is 4. The maximum absolute atomic E-state index is 8.79. The zero-order valence-electron chi connectivity index (χ0n) is 11.5. The number of aliphatic imine (C=N–C) groups is 2. The fourth-order valence-electron chi connectivity index (χ4n) is 1.48. The standard InChI is InChI=1S/C13H15ClN4S2/c1-18(8-10-5-4-6-11(14)7-10)12(16-9-15)17-13(19-2)20-3/h4-7H,8H2,1-3H3. The molecule has 0 amide bonds. The molecule has 20 heavy (non-hydrogen) atoms. The Morgan fingerprint density at radius 2 is 2.10 bits per heavy atom. The van der Waals surface area contributed by atoms with Crippen LogP contribution in [0.15, 0.2) is 34.3 Å². The van der Waals surface area contributed by atoms with Gasteiger partial charge in [0.1, 0.15) is 4.38 Å². The molecule has 0 heterocycles. The molecule has 0 aliphatic heterocycles. The maximum Gasteiger partial charge on any atom is 0.237 e. The summed E-state index contributed by atoms with van der Waals surface area (Å²) < 4.78 is 0.858. The van der Waals surface area contributed by atoms with Crippen molar-refractivity contribution < 1.29 is 0 Å². The van der Waals surface area contributed by atoms with Crippen LogP contribution < -0.4 is 0 Å². The number of thioether (sulfide) groups is 2. The van der Waals surface area contributed by atoms with Crippen LogP contribution in [0, 0.1) is 11.5 Å². The van der Waals surface area contributed by atoms with Gasteiger partial charge in [-0.05, 0) is 30.2 Å². The van der Waals surface area contributed by atoms with Gasteiger partial charge in [0.25, 0.3) is 0 Å². The molecule has 0 bridgehead atoms. The lowest BCUT2D eigenvalue weighted by Gasteiger charge is -2.17. The smallest absolute Gasteiger partial charge is 0.237 e. The third-order valence-corrected chi connectivity index (χ3v) is 4.46. The van der Waals surface area contributed by atoms with E-state index in [0.717, 1.165) is 9.94 Å². The fraction of sp³-hybridized carbons (Fsp3) is 0.308. The molecule has 0 aliphatic rings. The van der Waals surface area contributed by atoms with Crippen LogP contribution >= 0.6 is 35.1 Å². The van der Waals surface area contributed by atoms with Crippen LogP contribution in [0.5, 0.6) is 0 Å². The average Bonchev–Trinajstić information content (AvgIpc) is 2.43. The summed E-state index contributed by atoms with van der Waals surface area (Å²) in [6.07, 6.45) is 5.68. The molecule has 0 saturated carbocycles. The fourth-order valence-corrected chi connectivity index (χ4v) is 2.70. The third kappa shape index (κ3) is 5.45. The molecular weight excluding hydrogens is 312 g/mol. The Balaban J connectivity index is 2.91. The first-order valence-corrected chi connectivity index (χ1v) is 8.52. The topological polar surface area (TPSA) is 51.8 Å². The number of benzene rings is 1. The molecule has 0 N–H and O–H groups in total. The molecule has 1 rings (SSSR count). The van der Waals surface area contributed by atoms with E-state index < -0.39 is 0 Å². The van der Waals surface area contributed by atoms with E-state index in [1.807, 2.05) is 48.7 Å². The minimum Gasteiger partial charge on any atom is -0.339 e. The SMILES string of the molecule is CSC(=NC(=NC#N)N(C)Cc1cccc(Cl)c1)SC. The van der Waals surface area contributed by atoms with Crippen LogP contribution in [0.25, 0.3) is 0 Å². The minimum absolute atomic E-state index is 0.395. The van der Waals surface area contributed by atoms with Gasteiger partial charge in [-0.15, -0.1) is 28.5 Å². The van der Waals surface area contributed by atoms with Crippen LogP contribution in [-0.4, -0.2) is 34.8 Å². The Morgan fingerprint density at radius 1 is 1.40 bits per heavy atom. The van der Waals surface area contributed by atoms with Gasteiger partial charge in [0, 0.05) is 18.6 Å². The Morgan fingerprint density at radius 3 is 2.65 bits per heavy atom. The lowest BCUT2D eigenvalue weighted by molar-refractivity contribution is 0.495. The maximum atomic E-state index is 8.79. The first kappa shape index (κ1) is 16.9. The van der Waals surface area contributed by atoms with E-state index in [-0.39, 0.29) is 0 Å². The van der Waals surface area contributed by atoms with Gasteiger partial charge in [-0.25, -0.2) is 0 Å². The van der Waals surface area contributed by atoms with E-state index in [0.29, 0.717) is 17.5 Å². The van der Waals surface area contributed by atoms with Gasteiger partial charge in [0.2, 0.25) is 12.2 Å². The van der Waals surface area contributed by atoms with Gasteiger partial charge in [-0.2, -0.15) is 10.3 Å². The van der Waals surface area contributed by atoms with Crippen molar-refractivity contribution in [2.75, 3.05) is 19.6 Å². The molecule has 1 aromatic carbocycles. The molecule has 0 aromatic heterocycles. The predicted octanol–water partition coefficient (Wildman–Crippen LogP) is 3.69. The van der Waals surface area contributed by atoms with Crippen LogP contribution in [-0.2, 0) is 6.54 Å². The molecule has 4 nitrogen and oxygen atoms in total. The van der Waals surface area contributed by atoms with Crippen molar-refractivity contribution in [1.29, 1.82) is 5.26 Å². The first-order valence-electron chi connectivity index (χ1n) is 5.69. The average molecular weight is 327 g/mol. The quantitative estimate of drug-likeness (QED) is 0.472. The van der Waals surface area contributed by atoms with Crippen LogP contribution in [0.3, 0.4) is 0 Å². The Hall–Kier alpha value is -1.16. The summed E-state index contributed by atoms with van der Waals surface area (Å²) in [5, 5.41) is 9.47. The lowest BCUT2D eigenvalue weighted by Crippen LogP contribution is -2.25. The van der Waals surface area contributed by atoms with E-state index in [4.69, 9.17) is 16.9 Å². The minimum atomic E-state index is 0.395. The Bertz CT molecular complexity index is 546. The molecule has 0 saturated heterocycles. The van der Waals surface area contributed by atoms with Crippen molar-refractivity contribution in [3.05, 3.63) is 34.9 Å². The van der Waals surface area contributed by atoms with Crippen molar-refractivity contribution in [1.82, 2.24) is 4.90 Å². The van der Waals surface area contributed by atoms with Gasteiger partial charge in [0.05, 0.1) is 0 Å². The first-order chi connectivity index (χ1) is 9.60. The summed E-state index contributed by atoms with van der Waals surface area (Å²) in [6, 6.07) is 7.58. The van der Waals surface area contributed by atoms with Gasteiger partial charge in [-0.3, -0.25) is 0 Å². The Labute approximate surface area is 132 Å². The molecule has 0 radical (unpaired) electrons. The van der Waals surface area contributed by atoms with Crippen molar-refractivity contribution in [2.24, 2.45) is 9.98 Å². The van der Waals surface area contributed by atoms with Gasteiger partial charge in [0.15, 0.2) is 0 Å². The predicted molar refractivity (Wildman–Crippen MR) is 90.4 cm³/mol. The molecule has 0 fully saturated rings. The Kier molecular flexibility index (Phi) is 7.52. The normalized spacial score (nSPS) is 10.8. The molecule has 7 heteroatoms. The molecule has 0 atom stereocenters. The van der Waals surface area contributed by atoms with Crippen molar-refractivity contribution in [2.45, 2.75) is 6.54 Å². The van der Waals surface area contributed by atoms with E-state index in [1.165, 1.54) is 23.5 Å².